The van der Waals surface area contributed by atoms with Gasteiger partial charge in [0, 0.05) is 32.7 Å². The first-order valence-electron chi connectivity index (χ1n) is 8.46. The number of urea groups is 1. The molecule has 1 atom stereocenters. The minimum atomic E-state index is -1.48. The molecule has 1 aromatic heterocycles. The van der Waals surface area contributed by atoms with Crippen LogP contribution in [0.2, 0.25) is 10.0 Å². The summed E-state index contributed by atoms with van der Waals surface area (Å²) in [5.41, 5.74) is 1.66. The van der Waals surface area contributed by atoms with E-state index in [2.05, 4.69) is 10.3 Å². The van der Waals surface area contributed by atoms with Crippen LogP contribution in [0.5, 0.6) is 0 Å². The fraction of sp³-hybridized carbons (Fsp3) is 0.0500. The predicted molar refractivity (Wildman–Crippen MR) is 108 cm³/mol. The third kappa shape index (κ3) is 3.46. The van der Waals surface area contributed by atoms with Crippen molar-refractivity contribution in [1.82, 2.24) is 15.2 Å². The lowest BCUT2D eigenvalue weighted by Gasteiger charge is -2.21. The number of fused-ring (bicyclic) bond motifs is 1. The molecule has 0 spiro atoms. The molecular formula is C20H13Cl2N3O4. The second-order valence-electron chi connectivity index (χ2n) is 6.39. The number of carboxylic acids is 1. The SMILES string of the molecule is O=C(O)C(c1ccc(Cl)cc1)N1C(=O)NC(=Cc2c[nH]c3cc(Cl)ccc23)C1=O. The fourth-order valence-corrected chi connectivity index (χ4v) is 3.52. The van der Waals surface area contributed by atoms with Crippen LogP contribution in [-0.2, 0) is 9.59 Å². The first-order valence-corrected chi connectivity index (χ1v) is 9.22. The summed E-state index contributed by atoms with van der Waals surface area (Å²) in [5.74, 6) is -2.07. The number of hydrogen-bond donors (Lipinski definition) is 3. The highest BCUT2D eigenvalue weighted by atomic mass is 35.5. The number of carbonyl (C=O) groups excluding carboxylic acids is 2. The molecular weight excluding hydrogens is 417 g/mol. The van der Waals surface area contributed by atoms with Gasteiger partial charge in [-0.2, -0.15) is 0 Å². The highest BCUT2D eigenvalue weighted by molar-refractivity contribution is 6.31. The highest BCUT2D eigenvalue weighted by Crippen LogP contribution is 2.29. The van der Waals surface area contributed by atoms with Crippen LogP contribution in [0.15, 0.2) is 54.4 Å². The van der Waals surface area contributed by atoms with E-state index < -0.39 is 23.9 Å². The molecule has 1 aliphatic rings. The summed E-state index contributed by atoms with van der Waals surface area (Å²) in [6, 6.07) is 8.87. The topological polar surface area (TPSA) is 102 Å². The molecule has 29 heavy (non-hydrogen) atoms. The number of rotatable bonds is 4. The summed E-state index contributed by atoms with van der Waals surface area (Å²) in [6.07, 6.45) is 3.16. The van der Waals surface area contributed by atoms with Crippen molar-refractivity contribution in [3.05, 3.63) is 75.5 Å². The molecule has 0 aliphatic carbocycles. The van der Waals surface area contributed by atoms with Gasteiger partial charge in [0.2, 0.25) is 0 Å². The number of hydrogen-bond acceptors (Lipinski definition) is 3. The molecule has 9 heteroatoms. The van der Waals surface area contributed by atoms with Gasteiger partial charge in [-0.05, 0) is 35.9 Å². The van der Waals surface area contributed by atoms with Crippen LogP contribution in [0.4, 0.5) is 4.79 Å². The predicted octanol–water partition coefficient (Wildman–Crippen LogP) is 4.19. The van der Waals surface area contributed by atoms with E-state index in [1.807, 2.05) is 0 Å². The number of carbonyl (C=O) groups is 3. The van der Waals surface area contributed by atoms with E-state index in [-0.39, 0.29) is 11.3 Å². The molecule has 7 nitrogen and oxygen atoms in total. The van der Waals surface area contributed by atoms with Crippen molar-refractivity contribution >= 4 is 58.1 Å². The highest BCUT2D eigenvalue weighted by Gasteiger charge is 2.43. The van der Waals surface area contributed by atoms with Crippen molar-refractivity contribution in [3.63, 3.8) is 0 Å². The van der Waals surface area contributed by atoms with Gasteiger partial charge in [0.25, 0.3) is 5.91 Å². The third-order valence-corrected chi connectivity index (χ3v) is 5.05. The molecule has 1 aliphatic heterocycles. The normalized spacial score (nSPS) is 16.5. The van der Waals surface area contributed by atoms with Crippen LogP contribution in [-0.4, -0.2) is 32.9 Å². The average Bonchev–Trinajstić information content (AvgIpc) is 3.18. The Kier molecular flexibility index (Phi) is 4.77. The van der Waals surface area contributed by atoms with Crippen LogP contribution in [0.3, 0.4) is 0 Å². The number of nitrogens with one attached hydrogen (secondary N) is 2. The van der Waals surface area contributed by atoms with E-state index in [0.717, 1.165) is 10.9 Å². The minimum Gasteiger partial charge on any atom is -0.479 e. The summed E-state index contributed by atoms with van der Waals surface area (Å²) in [6.45, 7) is 0. The number of amides is 3. The number of aromatic amines is 1. The van der Waals surface area contributed by atoms with E-state index in [0.29, 0.717) is 20.5 Å². The Morgan fingerprint density at radius 2 is 1.76 bits per heavy atom. The van der Waals surface area contributed by atoms with Gasteiger partial charge in [0.05, 0.1) is 0 Å². The summed E-state index contributed by atoms with van der Waals surface area (Å²) in [5, 5.41) is 13.9. The summed E-state index contributed by atoms with van der Waals surface area (Å²) >= 11 is 11.8. The Morgan fingerprint density at radius 1 is 1.07 bits per heavy atom. The Bertz CT molecular complexity index is 1180. The smallest absolute Gasteiger partial charge is 0.331 e. The second-order valence-corrected chi connectivity index (χ2v) is 7.26. The molecule has 2 aromatic carbocycles. The van der Waals surface area contributed by atoms with Crippen LogP contribution in [0.1, 0.15) is 17.2 Å². The maximum absolute atomic E-state index is 12.9. The van der Waals surface area contributed by atoms with Gasteiger partial charge >= 0.3 is 12.0 Å². The monoisotopic (exact) mass is 429 g/mol. The van der Waals surface area contributed by atoms with Crippen LogP contribution in [0, 0.1) is 0 Å². The number of H-pyrrole nitrogens is 1. The van der Waals surface area contributed by atoms with Crippen LogP contribution >= 0.6 is 23.2 Å². The molecule has 146 valence electrons. The lowest BCUT2D eigenvalue weighted by molar-refractivity contribution is -0.146. The molecule has 2 heterocycles. The Balaban J connectivity index is 1.71. The van der Waals surface area contributed by atoms with Gasteiger partial charge in [-0.25, -0.2) is 14.5 Å². The number of aliphatic carboxylic acids is 1. The number of aromatic nitrogens is 1. The van der Waals surface area contributed by atoms with Crippen molar-refractivity contribution in [2.24, 2.45) is 0 Å². The molecule has 3 N–H and O–H groups in total. The zero-order chi connectivity index (χ0) is 20.7. The van der Waals surface area contributed by atoms with Crippen molar-refractivity contribution < 1.29 is 19.5 Å². The molecule has 0 radical (unpaired) electrons. The maximum Gasteiger partial charge on any atom is 0.331 e. The molecule has 4 rings (SSSR count). The largest absolute Gasteiger partial charge is 0.479 e. The first-order chi connectivity index (χ1) is 13.8. The molecule has 3 aromatic rings. The minimum absolute atomic E-state index is 0.0222. The Morgan fingerprint density at radius 3 is 2.45 bits per heavy atom. The van der Waals surface area contributed by atoms with Gasteiger partial charge < -0.3 is 15.4 Å². The lowest BCUT2D eigenvalue weighted by atomic mass is 10.1. The van der Waals surface area contributed by atoms with Crippen LogP contribution < -0.4 is 5.32 Å². The standard InChI is InChI=1S/C20H13Cl2N3O4/c21-12-3-1-10(2-4-12)17(19(27)28)25-18(26)16(24-20(25)29)7-11-9-23-15-8-13(22)5-6-14(11)15/h1-9,17,23H,(H,24,29)(H,27,28). The molecule has 0 saturated carbocycles. The lowest BCUT2D eigenvalue weighted by Crippen LogP contribution is -2.39. The van der Waals surface area contributed by atoms with E-state index in [1.54, 1.807) is 24.4 Å². The van der Waals surface area contributed by atoms with Crippen molar-refractivity contribution in [2.75, 3.05) is 0 Å². The maximum atomic E-state index is 12.9. The number of nitrogens with zero attached hydrogens (tertiary/aromatic N) is 1. The molecule has 3 amide bonds. The molecule has 0 bridgehead atoms. The quantitative estimate of drug-likeness (QED) is 0.427. The van der Waals surface area contributed by atoms with Gasteiger partial charge in [0.15, 0.2) is 6.04 Å². The van der Waals surface area contributed by atoms with Gasteiger partial charge in [-0.15, -0.1) is 0 Å². The summed E-state index contributed by atoms with van der Waals surface area (Å²) in [4.78, 5) is 40.9. The Labute approximate surface area is 174 Å². The van der Waals surface area contributed by atoms with Gasteiger partial charge in [-0.3, -0.25) is 4.79 Å². The average molecular weight is 430 g/mol. The molecule has 1 fully saturated rings. The Hall–Kier alpha value is -3.29. The molecule has 1 unspecified atom stereocenters. The zero-order valence-electron chi connectivity index (χ0n) is 14.6. The number of carboxylic acid groups (broad SMARTS) is 1. The van der Waals surface area contributed by atoms with E-state index in [1.165, 1.54) is 30.3 Å². The zero-order valence-corrected chi connectivity index (χ0v) is 16.2. The molecule has 1 saturated heterocycles. The summed E-state index contributed by atoms with van der Waals surface area (Å²) < 4.78 is 0. The van der Waals surface area contributed by atoms with Crippen molar-refractivity contribution in [3.8, 4) is 0 Å². The second kappa shape index (κ2) is 7.27. The van der Waals surface area contributed by atoms with Gasteiger partial charge in [0.1, 0.15) is 5.70 Å². The van der Waals surface area contributed by atoms with E-state index in [4.69, 9.17) is 23.2 Å². The first kappa shape index (κ1) is 19.0. The summed E-state index contributed by atoms with van der Waals surface area (Å²) in [7, 11) is 0. The van der Waals surface area contributed by atoms with E-state index in [9.17, 15) is 19.5 Å². The number of halogens is 2. The van der Waals surface area contributed by atoms with Crippen LogP contribution in [0.25, 0.3) is 17.0 Å². The third-order valence-electron chi connectivity index (χ3n) is 4.56. The van der Waals surface area contributed by atoms with Crippen molar-refractivity contribution in [2.45, 2.75) is 6.04 Å². The number of imide groups is 1. The van der Waals surface area contributed by atoms with Crippen molar-refractivity contribution in [1.29, 1.82) is 0 Å². The van der Waals surface area contributed by atoms with E-state index >= 15 is 0 Å². The fourth-order valence-electron chi connectivity index (χ4n) is 3.23. The van der Waals surface area contributed by atoms with Gasteiger partial charge in [-0.1, -0.05) is 41.4 Å². The number of benzene rings is 2.